The normalized spacial score (nSPS) is 10.6. The predicted octanol–water partition coefficient (Wildman–Crippen LogP) is 4.63. The molecular formula is C17H15NO. The molecule has 0 saturated heterocycles. The minimum atomic E-state index is 0.672. The number of oxazole rings is 1. The average molecular weight is 249 g/mol. The van der Waals surface area contributed by atoms with Gasteiger partial charge in [0.05, 0.1) is 6.20 Å². The molecule has 3 rings (SSSR count). The summed E-state index contributed by atoms with van der Waals surface area (Å²) in [5.74, 6) is 1.47. The summed E-state index contributed by atoms with van der Waals surface area (Å²) in [4.78, 5) is 4.38. The first kappa shape index (κ1) is 11.7. The van der Waals surface area contributed by atoms with E-state index in [2.05, 4.69) is 37.0 Å². The van der Waals surface area contributed by atoms with Gasteiger partial charge in [-0.05, 0) is 26.0 Å². The first-order valence-electron chi connectivity index (χ1n) is 6.32. The van der Waals surface area contributed by atoms with E-state index in [9.17, 15) is 0 Å². The number of hydrogen-bond acceptors (Lipinski definition) is 2. The van der Waals surface area contributed by atoms with Gasteiger partial charge in [-0.25, -0.2) is 4.98 Å². The molecule has 0 bridgehead atoms. The average Bonchev–Trinajstić information content (AvgIpc) is 2.88. The van der Waals surface area contributed by atoms with Crippen molar-refractivity contribution >= 4 is 0 Å². The van der Waals surface area contributed by atoms with Crippen molar-refractivity contribution in [2.45, 2.75) is 13.8 Å². The second-order valence-electron chi connectivity index (χ2n) is 4.77. The number of rotatable bonds is 2. The summed E-state index contributed by atoms with van der Waals surface area (Å²) in [6.07, 6.45) is 1.78. The van der Waals surface area contributed by atoms with Gasteiger partial charge in [0.15, 0.2) is 5.76 Å². The molecule has 19 heavy (non-hydrogen) atoms. The second-order valence-corrected chi connectivity index (χ2v) is 4.77. The molecule has 0 radical (unpaired) electrons. The van der Waals surface area contributed by atoms with Crippen molar-refractivity contribution in [3.8, 4) is 22.8 Å². The number of aryl methyl sites for hydroxylation is 2. The number of aromatic nitrogens is 1. The van der Waals surface area contributed by atoms with Gasteiger partial charge in [-0.3, -0.25) is 0 Å². The SMILES string of the molecule is Cc1cc(C)cc(-c2ncc(-c3ccccc3)o2)c1. The second kappa shape index (κ2) is 4.73. The first-order valence-corrected chi connectivity index (χ1v) is 6.32. The number of nitrogens with zero attached hydrogens (tertiary/aromatic N) is 1. The Kier molecular flexibility index (Phi) is 2.92. The Bertz CT molecular complexity index is 678. The smallest absolute Gasteiger partial charge is 0.226 e. The van der Waals surface area contributed by atoms with Gasteiger partial charge in [0, 0.05) is 11.1 Å². The van der Waals surface area contributed by atoms with E-state index in [1.54, 1.807) is 6.20 Å². The van der Waals surface area contributed by atoms with Gasteiger partial charge in [0.2, 0.25) is 5.89 Å². The molecule has 0 aliphatic rings. The van der Waals surface area contributed by atoms with E-state index >= 15 is 0 Å². The van der Waals surface area contributed by atoms with Crippen molar-refractivity contribution in [3.05, 3.63) is 65.9 Å². The van der Waals surface area contributed by atoms with E-state index in [0.29, 0.717) is 5.89 Å². The van der Waals surface area contributed by atoms with E-state index in [0.717, 1.165) is 16.9 Å². The Morgan fingerprint density at radius 3 is 2.21 bits per heavy atom. The van der Waals surface area contributed by atoms with Gasteiger partial charge in [-0.15, -0.1) is 0 Å². The molecule has 0 aliphatic carbocycles. The summed E-state index contributed by atoms with van der Waals surface area (Å²) in [6, 6.07) is 16.3. The summed E-state index contributed by atoms with van der Waals surface area (Å²) in [5.41, 5.74) is 4.51. The minimum absolute atomic E-state index is 0.672. The van der Waals surface area contributed by atoms with Crippen LogP contribution in [0.15, 0.2) is 59.1 Å². The molecule has 1 heterocycles. The zero-order chi connectivity index (χ0) is 13.2. The first-order chi connectivity index (χ1) is 9.22. The van der Waals surface area contributed by atoms with Gasteiger partial charge in [-0.2, -0.15) is 0 Å². The van der Waals surface area contributed by atoms with Crippen LogP contribution in [0.5, 0.6) is 0 Å². The molecule has 2 heteroatoms. The maximum atomic E-state index is 5.85. The summed E-state index contributed by atoms with van der Waals surface area (Å²) in [6.45, 7) is 4.16. The molecule has 3 aromatic rings. The largest absolute Gasteiger partial charge is 0.436 e. The number of hydrogen-bond donors (Lipinski definition) is 0. The highest BCUT2D eigenvalue weighted by atomic mass is 16.4. The highest BCUT2D eigenvalue weighted by Crippen LogP contribution is 2.26. The standard InChI is InChI=1S/C17H15NO/c1-12-8-13(2)10-15(9-12)17-18-11-16(19-17)14-6-4-3-5-7-14/h3-11H,1-2H3. The van der Waals surface area contributed by atoms with Gasteiger partial charge < -0.3 is 4.42 Å². The molecule has 0 saturated carbocycles. The summed E-state index contributed by atoms with van der Waals surface area (Å²) < 4.78 is 5.85. The quantitative estimate of drug-likeness (QED) is 0.662. The fourth-order valence-electron chi connectivity index (χ4n) is 2.24. The van der Waals surface area contributed by atoms with Crippen LogP contribution in [0.1, 0.15) is 11.1 Å². The maximum absolute atomic E-state index is 5.85. The van der Waals surface area contributed by atoms with Gasteiger partial charge in [0.25, 0.3) is 0 Å². The highest BCUT2D eigenvalue weighted by molar-refractivity contribution is 5.61. The molecule has 1 aromatic heterocycles. The van der Waals surface area contributed by atoms with E-state index in [4.69, 9.17) is 4.42 Å². The fourth-order valence-corrected chi connectivity index (χ4v) is 2.24. The Labute approximate surface area is 112 Å². The van der Waals surface area contributed by atoms with Crippen molar-refractivity contribution in [3.63, 3.8) is 0 Å². The summed E-state index contributed by atoms with van der Waals surface area (Å²) in [7, 11) is 0. The van der Waals surface area contributed by atoms with Crippen molar-refractivity contribution in [1.82, 2.24) is 4.98 Å². The lowest BCUT2D eigenvalue weighted by molar-refractivity contribution is 0.588. The van der Waals surface area contributed by atoms with Gasteiger partial charge >= 0.3 is 0 Å². The lowest BCUT2D eigenvalue weighted by Crippen LogP contribution is -1.82. The minimum Gasteiger partial charge on any atom is -0.436 e. The van der Waals surface area contributed by atoms with Crippen molar-refractivity contribution in [2.75, 3.05) is 0 Å². The van der Waals surface area contributed by atoms with Crippen LogP contribution in [0.4, 0.5) is 0 Å². The lowest BCUT2D eigenvalue weighted by atomic mass is 10.1. The molecule has 94 valence electrons. The van der Waals surface area contributed by atoms with Crippen LogP contribution >= 0.6 is 0 Å². The van der Waals surface area contributed by atoms with Crippen molar-refractivity contribution in [1.29, 1.82) is 0 Å². The maximum Gasteiger partial charge on any atom is 0.226 e. The zero-order valence-corrected chi connectivity index (χ0v) is 11.1. The molecular weight excluding hydrogens is 234 g/mol. The van der Waals surface area contributed by atoms with Crippen LogP contribution in [0.25, 0.3) is 22.8 Å². The summed E-state index contributed by atoms with van der Waals surface area (Å²) in [5, 5.41) is 0. The van der Waals surface area contributed by atoms with Gasteiger partial charge in [-0.1, -0.05) is 47.5 Å². The van der Waals surface area contributed by atoms with Crippen LogP contribution in [-0.4, -0.2) is 4.98 Å². The Balaban J connectivity index is 2.02. The van der Waals surface area contributed by atoms with Crippen LogP contribution < -0.4 is 0 Å². The topological polar surface area (TPSA) is 26.0 Å². The van der Waals surface area contributed by atoms with E-state index in [1.807, 2.05) is 30.3 Å². The van der Waals surface area contributed by atoms with Crippen LogP contribution in [0, 0.1) is 13.8 Å². The molecule has 2 nitrogen and oxygen atoms in total. The summed E-state index contributed by atoms with van der Waals surface area (Å²) >= 11 is 0. The van der Waals surface area contributed by atoms with Crippen LogP contribution in [0.2, 0.25) is 0 Å². The van der Waals surface area contributed by atoms with E-state index in [-0.39, 0.29) is 0 Å². The predicted molar refractivity (Wildman–Crippen MR) is 76.8 cm³/mol. The monoisotopic (exact) mass is 249 g/mol. The molecule has 0 aliphatic heterocycles. The Morgan fingerprint density at radius 1 is 0.842 bits per heavy atom. The molecule has 0 N–H and O–H groups in total. The molecule has 0 amide bonds. The number of benzene rings is 2. The Hall–Kier alpha value is -2.35. The van der Waals surface area contributed by atoms with Crippen molar-refractivity contribution < 1.29 is 4.42 Å². The molecule has 0 unspecified atom stereocenters. The van der Waals surface area contributed by atoms with Crippen molar-refractivity contribution in [2.24, 2.45) is 0 Å². The highest BCUT2D eigenvalue weighted by Gasteiger charge is 2.08. The molecule has 0 spiro atoms. The van der Waals surface area contributed by atoms with E-state index < -0.39 is 0 Å². The van der Waals surface area contributed by atoms with Crippen LogP contribution in [0.3, 0.4) is 0 Å². The molecule has 2 aromatic carbocycles. The lowest BCUT2D eigenvalue weighted by Gasteiger charge is -2.01. The zero-order valence-electron chi connectivity index (χ0n) is 11.1. The third kappa shape index (κ3) is 2.43. The third-order valence-electron chi connectivity index (χ3n) is 3.03. The van der Waals surface area contributed by atoms with Crippen LogP contribution in [-0.2, 0) is 0 Å². The third-order valence-corrected chi connectivity index (χ3v) is 3.03. The van der Waals surface area contributed by atoms with Gasteiger partial charge in [0.1, 0.15) is 0 Å². The molecule has 0 atom stereocenters. The van der Waals surface area contributed by atoms with E-state index in [1.165, 1.54) is 11.1 Å². The molecule has 0 fully saturated rings. The Morgan fingerprint density at radius 2 is 1.53 bits per heavy atom. The fraction of sp³-hybridized carbons (Fsp3) is 0.118.